The van der Waals surface area contributed by atoms with Gasteiger partial charge in [-0.15, -0.1) is 0 Å². The Bertz CT molecular complexity index is 1530. The maximum atomic E-state index is 13.8. The number of hydrogen-bond donors (Lipinski definition) is 2. The molecule has 11 nitrogen and oxygen atoms in total. The Hall–Kier alpha value is -3.28. The summed E-state index contributed by atoms with van der Waals surface area (Å²) in [4.78, 5) is 43.6. The number of aliphatic hydroxyl groups is 2. The predicted octanol–water partition coefficient (Wildman–Crippen LogP) is 3.57. The van der Waals surface area contributed by atoms with Crippen LogP contribution in [0.1, 0.15) is 82.6 Å². The number of epoxide rings is 1. The lowest BCUT2D eigenvalue weighted by Crippen LogP contribution is -2.78. The molecule has 0 unspecified atom stereocenters. The summed E-state index contributed by atoms with van der Waals surface area (Å²) in [5.74, 6) is -3.41. The van der Waals surface area contributed by atoms with Gasteiger partial charge in [-0.2, -0.15) is 0 Å². The monoisotopic (exact) mass is 623 g/mol. The first kappa shape index (κ1) is 30.4. The number of ether oxygens (including phenoxy) is 4. The van der Waals surface area contributed by atoms with Crippen molar-refractivity contribution in [2.24, 2.45) is 28.1 Å². The Labute approximate surface area is 261 Å². The van der Waals surface area contributed by atoms with Crippen LogP contribution >= 0.6 is 0 Å². The van der Waals surface area contributed by atoms with Crippen molar-refractivity contribution in [3.8, 4) is 0 Å². The summed E-state index contributed by atoms with van der Waals surface area (Å²) >= 11 is 0. The number of hydrogen-bond acceptors (Lipinski definition) is 11. The maximum Gasteiger partial charge on any atom is 0.340 e. The van der Waals surface area contributed by atoms with Gasteiger partial charge >= 0.3 is 17.9 Å². The highest BCUT2D eigenvalue weighted by molar-refractivity contribution is 5.89. The van der Waals surface area contributed by atoms with Gasteiger partial charge in [0, 0.05) is 53.3 Å². The summed E-state index contributed by atoms with van der Waals surface area (Å²) in [6.07, 6.45) is 1.95. The fraction of sp³-hybridized carbons (Fsp3) is 0.647. The van der Waals surface area contributed by atoms with E-state index in [9.17, 15) is 24.6 Å². The molecule has 4 heterocycles. The average molecular weight is 624 g/mol. The fourth-order valence-electron chi connectivity index (χ4n) is 11.0. The first-order chi connectivity index (χ1) is 21.1. The zero-order valence-corrected chi connectivity index (χ0v) is 26.4. The summed E-state index contributed by atoms with van der Waals surface area (Å²) in [7, 11) is 0. The Kier molecular flexibility index (Phi) is 6.49. The number of rotatable bonds is 4. The number of pyridine rings is 1. The highest BCUT2D eigenvalue weighted by Crippen LogP contribution is 2.82. The number of cyclic esters (lactones) is 1. The SMILES string of the molecule is CC(=O)O[C@H]1CC(=O)OC(C)(C)[C@@H]2C[C@@H](O)[C@]3(C)[C@H]([C@@H](O)[C@H](OC(=O)c4cccnc4)[C@@]4(C)[C@H](c5ccoc5)C[C@H]5O[C@@]534)[C@@]12C. The van der Waals surface area contributed by atoms with E-state index in [2.05, 4.69) is 4.98 Å². The van der Waals surface area contributed by atoms with Crippen LogP contribution in [0, 0.1) is 28.1 Å². The third kappa shape index (κ3) is 3.74. The highest BCUT2D eigenvalue weighted by Gasteiger charge is 2.91. The van der Waals surface area contributed by atoms with Crippen LogP contribution in [0.2, 0.25) is 0 Å². The Morgan fingerprint density at radius 2 is 1.80 bits per heavy atom. The average Bonchev–Trinajstić information content (AvgIpc) is 3.35. The lowest BCUT2D eigenvalue weighted by Gasteiger charge is -2.69. The first-order valence-electron chi connectivity index (χ1n) is 15.7. The molecule has 0 aromatic carbocycles. The summed E-state index contributed by atoms with van der Waals surface area (Å²) < 4.78 is 30.5. The number of nitrogens with zero attached hydrogens (tertiary/aromatic N) is 1. The van der Waals surface area contributed by atoms with Gasteiger partial charge in [-0.05, 0) is 50.5 Å². The molecule has 2 aliphatic heterocycles. The molecule has 7 rings (SSSR count). The molecule has 0 amide bonds. The van der Waals surface area contributed by atoms with E-state index in [1.807, 2.05) is 26.8 Å². The van der Waals surface area contributed by atoms with Gasteiger partial charge in [0.25, 0.3) is 0 Å². The Morgan fingerprint density at radius 1 is 1.04 bits per heavy atom. The zero-order valence-electron chi connectivity index (χ0n) is 26.4. The van der Waals surface area contributed by atoms with Crippen LogP contribution in [0.25, 0.3) is 0 Å². The number of aliphatic hydroxyl groups excluding tert-OH is 2. The first-order valence-corrected chi connectivity index (χ1v) is 15.7. The highest BCUT2D eigenvalue weighted by atomic mass is 16.6. The van der Waals surface area contributed by atoms with Crippen molar-refractivity contribution in [2.45, 2.75) is 108 Å². The topological polar surface area (TPSA) is 158 Å². The predicted molar refractivity (Wildman–Crippen MR) is 155 cm³/mol. The fourth-order valence-corrected chi connectivity index (χ4v) is 11.0. The van der Waals surface area contributed by atoms with Crippen LogP contribution < -0.4 is 0 Å². The molecular formula is C34H41NO10. The molecule has 5 aliphatic rings. The lowest BCUT2D eigenvalue weighted by molar-refractivity contribution is -0.310. The van der Waals surface area contributed by atoms with Gasteiger partial charge in [0.2, 0.25) is 0 Å². The van der Waals surface area contributed by atoms with Crippen LogP contribution in [-0.4, -0.2) is 74.8 Å². The summed E-state index contributed by atoms with van der Waals surface area (Å²) in [6, 6.07) is 5.10. The van der Waals surface area contributed by atoms with Gasteiger partial charge in [0.15, 0.2) is 0 Å². The minimum atomic E-state index is -1.37. The number of carbonyl (C=O) groups is 3. The molecule has 2 N–H and O–H groups in total. The van der Waals surface area contributed by atoms with Crippen LogP contribution in [-0.2, 0) is 28.5 Å². The number of furan rings is 1. The molecule has 1 spiro atoms. The van der Waals surface area contributed by atoms with Crippen LogP contribution in [0.4, 0.5) is 0 Å². The van der Waals surface area contributed by atoms with Crippen LogP contribution in [0.15, 0.2) is 47.5 Å². The summed E-state index contributed by atoms with van der Waals surface area (Å²) in [6.45, 7) is 10.7. The van der Waals surface area contributed by atoms with Crippen LogP contribution in [0.3, 0.4) is 0 Å². The van der Waals surface area contributed by atoms with Crippen molar-refractivity contribution < 1.29 is 48.0 Å². The minimum absolute atomic E-state index is 0.207. The third-order valence-corrected chi connectivity index (χ3v) is 12.6. The molecule has 3 aliphatic carbocycles. The number of esters is 3. The second kappa shape index (κ2) is 9.62. The van der Waals surface area contributed by atoms with E-state index < -0.39 is 81.6 Å². The molecule has 45 heavy (non-hydrogen) atoms. The van der Waals surface area contributed by atoms with Gasteiger partial charge in [-0.1, -0.05) is 20.8 Å². The standard InChI is InChI=1S/C34H41NO10/c1-17(36)42-23-14-25(38)45-30(2,3)21-13-22(37)33(6)27(31(21,23)4)26(39)28(43-29(40)18-8-7-10-35-15-18)32(5)20(19-9-11-41-16-19)12-24-34(32,33)44-24/h7-11,15-16,20-24,26-28,37,39H,12-14H2,1-6H3/t20-,21-,22+,23-,24+,26+,27+,28-,31+,32+,33+,34+/m0/s1. The quantitative estimate of drug-likeness (QED) is 0.291. The summed E-state index contributed by atoms with van der Waals surface area (Å²) in [5, 5.41) is 25.2. The van der Waals surface area contributed by atoms with E-state index in [0.717, 1.165) is 5.56 Å². The molecule has 5 fully saturated rings. The molecule has 2 aromatic rings. The van der Waals surface area contributed by atoms with E-state index in [-0.39, 0.29) is 30.4 Å². The number of fused-ring (bicyclic) bond motifs is 3. The molecule has 11 heteroatoms. The van der Waals surface area contributed by atoms with Crippen molar-refractivity contribution >= 4 is 17.9 Å². The van der Waals surface area contributed by atoms with Gasteiger partial charge in [-0.25, -0.2) is 4.79 Å². The normalized spacial score (nSPS) is 45.9. The van der Waals surface area contributed by atoms with Crippen molar-refractivity contribution in [3.63, 3.8) is 0 Å². The molecule has 2 saturated heterocycles. The van der Waals surface area contributed by atoms with E-state index in [1.165, 1.54) is 13.1 Å². The smallest absolute Gasteiger partial charge is 0.340 e. The molecule has 3 saturated carbocycles. The molecular weight excluding hydrogens is 582 g/mol. The molecule has 0 radical (unpaired) electrons. The lowest BCUT2D eigenvalue weighted by atomic mass is 9.36. The molecule has 242 valence electrons. The number of aromatic nitrogens is 1. The van der Waals surface area contributed by atoms with Crippen molar-refractivity contribution in [2.75, 3.05) is 0 Å². The third-order valence-electron chi connectivity index (χ3n) is 12.6. The second-order valence-corrected chi connectivity index (χ2v) is 14.8. The van der Waals surface area contributed by atoms with E-state index in [0.29, 0.717) is 6.42 Å². The summed E-state index contributed by atoms with van der Waals surface area (Å²) in [5.41, 5.74) is -4.27. The second-order valence-electron chi connectivity index (χ2n) is 14.8. The largest absolute Gasteiger partial charge is 0.472 e. The zero-order chi connectivity index (χ0) is 32.3. The minimum Gasteiger partial charge on any atom is -0.472 e. The van der Waals surface area contributed by atoms with Gasteiger partial charge in [-0.3, -0.25) is 14.6 Å². The Balaban J connectivity index is 1.45. The van der Waals surface area contributed by atoms with Crippen molar-refractivity contribution in [1.82, 2.24) is 4.98 Å². The molecule has 12 atom stereocenters. The van der Waals surface area contributed by atoms with Gasteiger partial charge in [0.05, 0.1) is 42.8 Å². The van der Waals surface area contributed by atoms with E-state index >= 15 is 0 Å². The van der Waals surface area contributed by atoms with Gasteiger partial charge < -0.3 is 33.6 Å². The molecule has 0 bridgehead atoms. The maximum absolute atomic E-state index is 13.8. The van der Waals surface area contributed by atoms with Crippen LogP contribution in [0.5, 0.6) is 0 Å². The Morgan fingerprint density at radius 3 is 2.44 bits per heavy atom. The molecule has 2 aromatic heterocycles. The number of carbonyl (C=O) groups excluding carboxylic acids is 3. The van der Waals surface area contributed by atoms with Crippen molar-refractivity contribution in [1.29, 1.82) is 0 Å². The van der Waals surface area contributed by atoms with Gasteiger partial charge in [0.1, 0.15) is 23.4 Å². The van der Waals surface area contributed by atoms with Crippen molar-refractivity contribution in [3.05, 3.63) is 54.2 Å². The van der Waals surface area contributed by atoms with E-state index in [1.54, 1.807) is 44.7 Å². The van der Waals surface area contributed by atoms with E-state index in [4.69, 9.17) is 23.4 Å².